The Kier molecular flexibility index (Phi) is 7.69. The lowest BCUT2D eigenvalue weighted by atomic mass is 10.0. The summed E-state index contributed by atoms with van der Waals surface area (Å²) in [6.07, 6.45) is 4.83. The highest BCUT2D eigenvalue weighted by molar-refractivity contribution is 5.14. The fourth-order valence-corrected chi connectivity index (χ4v) is 2.01. The molecule has 2 heteroatoms. The summed E-state index contributed by atoms with van der Waals surface area (Å²) in [7, 11) is 0. The van der Waals surface area contributed by atoms with Crippen LogP contribution in [0.15, 0.2) is 30.3 Å². The first kappa shape index (κ1) is 14.2. The topological polar surface area (TPSA) is 38.0 Å². The molecule has 3 N–H and O–H groups in total. The molecule has 0 saturated carbocycles. The van der Waals surface area contributed by atoms with Crippen LogP contribution in [0.3, 0.4) is 0 Å². The second-order valence-corrected chi connectivity index (χ2v) is 4.81. The van der Waals surface area contributed by atoms with E-state index in [0.717, 1.165) is 38.4 Å². The van der Waals surface area contributed by atoms with E-state index in [1.165, 1.54) is 18.4 Å². The third kappa shape index (κ3) is 7.14. The summed E-state index contributed by atoms with van der Waals surface area (Å²) in [5.74, 6) is 0.774. The molecule has 1 aromatic rings. The van der Waals surface area contributed by atoms with Crippen molar-refractivity contribution in [2.24, 2.45) is 11.7 Å². The zero-order chi connectivity index (χ0) is 12.3. The summed E-state index contributed by atoms with van der Waals surface area (Å²) in [5, 5.41) is 3.50. The van der Waals surface area contributed by atoms with Gasteiger partial charge in [-0.1, -0.05) is 37.3 Å². The van der Waals surface area contributed by atoms with Gasteiger partial charge in [0, 0.05) is 0 Å². The van der Waals surface area contributed by atoms with Crippen molar-refractivity contribution >= 4 is 0 Å². The Morgan fingerprint density at radius 1 is 1.12 bits per heavy atom. The van der Waals surface area contributed by atoms with Crippen molar-refractivity contribution in [1.29, 1.82) is 0 Å². The van der Waals surface area contributed by atoms with Crippen molar-refractivity contribution in [2.75, 3.05) is 19.6 Å². The van der Waals surface area contributed by atoms with Crippen LogP contribution in [0.4, 0.5) is 0 Å². The third-order valence-electron chi connectivity index (χ3n) is 3.14. The van der Waals surface area contributed by atoms with Crippen molar-refractivity contribution in [3.8, 4) is 0 Å². The highest BCUT2D eigenvalue weighted by atomic mass is 14.8. The van der Waals surface area contributed by atoms with Gasteiger partial charge in [-0.05, 0) is 56.8 Å². The summed E-state index contributed by atoms with van der Waals surface area (Å²) in [6, 6.07) is 10.6. The highest BCUT2D eigenvalue weighted by Gasteiger charge is 1.99. The van der Waals surface area contributed by atoms with Crippen molar-refractivity contribution in [2.45, 2.75) is 32.6 Å². The number of nitrogens with one attached hydrogen (secondary N) is 1. The molecule has 0 heterocycles. The average molecular weight is 234 g/mol. The molecule has 1 rings (SSSR count). The number of rotatable bonds is 9. The monoisotopic (exact) mass is 234 g/mol. The molecule has 0 amide bonds. The van der Waals surface area contributed by atoms with Crippen molar-refractivity contribution in [3.63, 3.8) is 0 Å². The zero-order valence-electron chi connectivity index (χ0n) is 11.0. The molecule has 96 valence electrons. The van der Waals surface area contributed by atoms with E-state index in [2.05, 4.69) is 42.6 Å². The normalized spacial score (nSPS) is 12.6. The van der Waals surface area contributed by atoms with E-state index in [0.29, 0.717) is 0 Å². The maximum Gasteiger partial charge on any atom is -0.000835 e. The fourth-order valence-electron chi connectivity index (χ4n) is 2.01. The SMILES string of the molecule is CC(CCN)CCCNCCc1ccccc1. The predicted molar refractivity (Wildman–Crippen MR) is 75.1 cm³/mol. The summed E-state index contributed by atoms with van der Waals surface area (Å²) in [4.78, 5) is 0. The standard InChI is InChI=1S/C15H26N2/c1-14(9-11-16)6-5-12-17-13-10-15-7-3-2-4-8-15/h2-4,7-8,14,17H,5-6,9-13,16H2,1H3. The molecule has 0 aliphatic heterocycles. The molecule has 17 heavy (non-hydrogen) atoms. The highest BCUT2D eigenvalue weighted by Crippen LogP contribution is 2.07. The maximum absolute atomic E-state index is 5.53. The lowest BCUT2D eigenvalue weighted by Crippen LogP contribution is -2.19. The van der Waals surface area contributed by atoms with Crippen molar-refractivity contribution in [1.82, 2.24) is 5.32 Å². The Bertz CT molecular complexity index is 272. The van der Waals surface area contributed by atoms with E-state index in [-0.39, 0.29) is 0 Å². The number of hydrogen-bond donors (Lipinski definition) is 2. The van der Waals surface area contributed by atoms with Gasteiger partial charge in [0.2, 0.25) is 0 Å². The van der Waals surface area contributed by atoms with Crippen LogP contribution in [0.25, 0.3) is 0 Å². The van der Waals surface area contributed by atoms with Crippen LogP contribution in [0.1, 0.15) is 31.7 Å². The smallest absolute Gasteiger partial charge is 0.000835 e. The molecule has 0 fully saturated rings. The lowest BCUT2D eigenvalue weighted by Gasteiger charge is -2.10. The first-order valence-electron chi connectivity index (χ1n) is 6.77. The number of nitrogens with two attached hydrogens (primary N) is 1. The zero-order valence-corrected chi connectivity index (χ0v) is 11.0. The minimum absolute atomic E-state index is 0.774. The van der Waals surface area contributed by atoms with Crippen LogP contribution in [-0.2, 0) is 6.42 Å². The molecule has 0 bridgehead atoms. The fraction of sp³-hybridized carbons (Fsp3) is 0.600. The molecule has 0 saturated heterocycles. The molecule has 0 spiro atoms. The molecule has 1 unspecified atom stereocenters. The van der Waals surface area contributed by atoms with Gasteiger partial charge in [0.15, 0.2) is 0 Å². The molecule has 2 nitrogen and oxygen atoms in total. The Labute approximate surface area is 106 Å². The first-order valence-corrected chi connectivity index (χ1v) is 6.77. The minimum Gasteiger partial charge on any atom is -0.330 e. The average Bonchev–Trinajstić information content (AvgIpc) is 2.35. The van der Waals surface area contributed by atoms with Gasteiger partial charge in [0.05, 0.1) is 0 Å². The second kappa shape index (κ2) is 9.20. The maximum atomic E-state index is 5.53. The molecule has 0 radical (unpaired) electrons. The first-order chi connectivity index (χ1) is 8.33. The Hall–Kier alpha value is -0.860. The summed E-state index contributed by atoms with van der Waals surface area (Å²) < 4.78 is 0. The van der Waals surface area contributed by atoms with Crippen LogP contribution in [0, 0.1) is 5.92 Å². The van der Waals surface area contributed by atoms with Gasteiger partial charge >= 0.3 is 0 Å². The number of benzene rings is 1. The molecule has 1 aromatic carbocycles. The van der Waals surface area contributed by atoms with Gasteiger partial charge in [0.25, 0.3) is 0 Å². The van der Waals surface area contributed by atoms with Gasteiger partial charge in [-0.3, -0.25) is 0 Å². The van der Waals surface area contributed by atoms with Crippen LogP contribution < -0.4 is 11.1 Å². The second-order valence-electron chi connectivity index (χ2n) is 4.81. The van der Waals surface area contributed by atoms with E-state index in [4.69, 9.17) is 5.73 Å². The quantitative estimate of drug-likeness (QED) is 0.645. The molecular weight excluding hydrogens is 208 g/mol. The molecule has 0 aliphatic rings. The molecule has 0 aromatic heterocycles. The largest absolute Gasteiger partial charge is 0.330 e. The summed E-state index contributed by atoms with van der Waals surface area (Å²) in [5.41, 5.74) is 6.94. The van der Waals surface area contributed by atoms with E-state index >= 15 is 0 Å². The van der Waals surface area contributed by atoms with E-state index in [1.807, 2.05) is 0 Å². The van der Waals surface area contributed by atoms with Gasteiger partial charge in [-0.2, -0.15) is 0 Å². The van der Waals surface area contributed by atoms with E-state index in [9.17, 15) is 0 Å². The van der Waals surface area contributed by atoms with Gasteiger partial charge < -0.3 is 11.1 Å². The lowest BCUT2D eigenvalue weighted by molar-refractivity contribution is 0.469. The van der Waals surface area contributed by atoms with Crippen LogP contribution >= 0.6 is 0 Å². The minimum atomic E-state index is 0.774. The summed E-state index contributed by atoms with van der Waals surface area (Å²) >= 11 is 0. The van der Waals surface area contributed by atoms with E-state index < -0.39 is 0 Å². The molecular formula is C15H26N2. The van der Waals surface area contributed by atoms with E-state index in [1.54, 1.807) is 0 Å². The predicted octanol–water partition coefficient (Wildman–Crippen LogP) is 2.58. The van der Waals surface area contributed by atoms with Gasteiger partial charge in [0.1, 0.15) is 0 Å². The summed E-state index contributed by atoms with van der Waals surface area (Å²) in [6.45, 7) is 5.32. The number of hydrogen-bond acceptors (Lipinski definition) is 2. The Balaban J connectivity index is 1.95. The van der Waals surface area contributed by atoms with Crippen LogP contribution in [0.2, 0.25) is 0 Å². The van der Waals surface area contributed by atoms with Crippen LogP contribution in [-0.4, -0.2) is 19.6 Å². The van der Waals surface area contributed by atoms with Crippen molar-refractivity contribution in [3.05, 3.63) is 35.9 Å². The molecule has 1 atom stereocenters. The third-order valence-corrected chi connectivity index (χ3v) is 3.14. The van der Waals surface area contributed by atoms with Crippen LogP contribution in [0.5, 0.6) is 0 Å². The Morgan fingerprint density at radius 2 is 1.88 bits per heavy atom. The van der Waals surface area contributed by atoms with Gasteiger partial charge in [-0.15, -0.1) is 0 Å². The Morgan fingerprint density at radius 3 is 2.59 bits per heavy atom. The van der Waals surface area contributed by atoms with Crippen molar-refractivity contribution < 1.29 is 0 Å². The molecule has 0 aliphatic carbocycles. The van der Waals surface area contributed by atoms with Gasteiger partial charge in [-0.25, -0.2) is 0 Å².